The molecule has 23 heteroatoms. The Hall–Kier alpha value is -3.98. The molecule has 0 atom stereocenters. The second-order valence-corrected chi connectivity index (χ2v) is 15.6. The number of nitrogens with zero attached hydrogens (tertiary/aromatic N) is 2. The maximum absolute atomic E-state index is 13.6. The van der Waals surface area contributed by atoms with Crippen LogP contribution in [0.4, 0.5) is 28.0 Å². The summed E-state index contributed by atoms with van der Waals surface area (Å²) in [6.07, 6.45) is 3.06. The molecule has 2 aromatic rings. The fourth-order valence-corrected chi connectivity index (χ4v) is 6.51. The number of carbonyl (C=O) groups is 2. The van der Waals surface area contributed by atoms with Gasteiger partial charge in [0.2, 0.25) is 5.91 Å². The van der Waals surface area contributed by atoms with Crippen molar-refractivity contribution in [1.29, 1.82) is 0 Å². The van der Waals surface area contributed by atoms with Gasteiger partial charge >= 0.3 is 6.03 Å². The first-order valence-electron chi connectivity index (χ1n) is 23.0. The fraction of sp³-hybridized carbons (Fsp3) is 0.630. The zero-order valence-corrected chi connectivity index (χ0v) is 40.2. The maximum atomic E-state index is 13.6. The summed E-state index contributed by atoms with van der Waals surface area (Å²) in [4.78, 5) is 32.5. The van der Waals surface area contributed by atoms with Crippen molar-refractivity contribution in [2.45, 2.75) is 37.5 Å². The van der Waals surface area contributed by atoms with Crippen LogP contribution in [0, 0.1) is 23.3 Å². The van der Waals surface area contributed by atoms with Crippen molar-refractivity contribution in [2.24, 2.45) is 10.7 Å². The molecule has 0 bridgehead atoms. The molecule has 1 aliphatic heterocycles. The summed E-state index contributed by atoms with van der Waals surface area (Å²) < 4.78 is 117. The molecule has 0 unspecified atom stereocenters. The number of hydrogen-bond donors (Lipinski definition) is 4. The number of amidine groups is 1. The van der Waals surface area contributed by atoms with E-state index >= 15 is 0 Å². The quantitative estimate of drug-likeness (QED) is 0.0302. The standard InChI is InChI=1S/C46H69F4N5O13S/c1-2-9-55(45(56)36-31-35-4-5-37(69-58)33-41(35)54-42(51)32-36)10-3-7-52-46(57)53-8-12-60-14-16-62-18-20-64-22-24-66-26-28-68-30-29-67-27-25-65-23-21-63-19-17-61-15-13-59-11-6-38-43(49)39(47)34-40(48)44(38)50/h4-5,31,33-34,58H,2-3,6-30,32H2,1H3,(H2,51,54)(H2,52,53,57). The van der Waals surface area contributed by atoms with Crippen molar-refractivity contribution < 1.29 is 79.1 Å². The first-order valence-corrected chi connectivity index (χ1v) is 23.8. The first-order chi connectivity index (χ1) is 33.6. The van der Waals surface area contributed by atoms with Gasteiger partial charge in [-0.1, -0.05) is 13.0 Å². The number of nitrogens with one attached hydrogen (secondary N) is 2. The highest BCUT2D eigenvalue weighted by atomic mass is 32.2. The van der Waals surface area contributed by atoms with E-state index in [1.165, 1.54) is 0 Å². The van der Waals surface area contributed by atoms with E-state index in [0.717, 1.165) is 12.0 Å². The van der Waals surface area contributed by atoms with Gasteiger partial charge in [-0.05, 0) is 31.1 Å². The molecule has 5 N–H and O–H groups in total. The third-order valence-electron chi connectivity index (χ3n) is 9.60. The molecule has 2 aromatic carbocycles. The van der Waals surface area contributed by atoms with E-state index < -0.39 is 28.8 Å². The van der Waals surface area contributed by atoms with Crippen molar-refractivity contribution >= 4 is 41.6 Å². The summed E-state index contributed by atoms with van der Waals surface area (Å²) in [5.41, 5.74) is 7.33. The van der Waals surface area contributed by atoms with Crippen LogP contribution in [-0.2, 0) is 58.6 Å². The number of halogens is 4. The van der Waals surface area contributed by atoms with Gasteiger partial charge in [0.1, 0.15) is 5.84 Å². The van der Waals surface area contributed by atoms with Gasteiger partial charge in [-0.15, -0.1) is 0 Å². The van der Waals surface area contributed by atoms with Crippen molar-refractivity contribution in [3.8, 4) is 0 Å². The Morgan fingerprint density at radius 1 is 0.652 bits per heavy atom. The van der Waals surface area contributed by atoms with Gasteiger partial charge in [0.15, 0.2) is 23.3 Å². The van der Waals surface area contributed by atoms with Gasteiger partial charge in [0.25, 0.3) is 0 Å². The lowest BCUT2D eigenvalue weighted by Crippen LogP contribution is -2.40. The molecule has 0 aromatic heterocycles. The summed E-state index contributed by atoms with van der Waals surface area (Å²) in [6, 6.07) is 5.14. The van der Waals surface area contributed by atoms with Crippen LogP contribution in [0.25, 0.3) is 6.08 Å². The number of ether oxygens (including phenoxy) is 10. The van der Waals surface area contributed by atoms with Crippen LogP contribution in [0.15, 0.2) is 39.7 Å². The van der Waals surface area contributed by atoms with E-state index in [1.807, 2.05) is 6.92 Å². The minimum atomic E-state index is -1.45. The lowest BCUT2D eigenvalue weighted by atomic mass is 10.1. The average Bonchev–Trinajstić information content (AvgIpc) is 3.51. The van der Waals surface area contributed by atoms with Crippen LogP contribution in [0.3, 0.4) is 0 Å². The number of aliphatic imine (C=N–C) groups is 1. The number of hydrogen-bond acceptors (Lipinski definition) is 16. The summed E-state index contributed by atoms with van der Waals surface area (Å²) in [6.45, 7) is 10.7. The SMILES string of the molecule is CCCN(CCCNC(=O)NCCOCCOCCOCCOCCOCCOCCOCCOCCOCCOCCc1c(F)c(F)cc(F)c1F)C(=O)C1=Cc2ccc(SO)cc2N=C(N)C1. The maximum Gasteiger partial charge on any atom is 0.314 e. The lowest BCUT2D eigenvalue weighted by Gasteiger charge is -2.23. The summed E-state index contributed by atoms with van der Waals surface area (Å²) in [5, 5.41) is 5.57. The Bertz CT molecular complexity index is 1800. The van der Waals surface area contributed by atoms with Gasteiger partial charge < -0.3 is 73.2 Å². The predicted molar refractivity (Wildman–Crippen MR) is 250 cm³/mol. The van der Waals surface area contributed by atoms with E-state index in [2.05, 4.69) is 15.6 Å². The van der Waals surface area contributed by atoms with Crippen LogP contribution in [0.2, 0.25) is 0 Å². The third-order valence-corrected chi connectivity index (χ3v) is 10.1. The smallest absolute Gasteiger partial charge is 0.314 e. The Kier molecular flexibility index (Phi) is 32.5. The van der Waals surface area contributed by atoms with E-state index in [4.69, 9.17) is 53.1 Å². The van der Waals surface area contributed by atoms with Crippen LogP contribution in [-0.4, -0.2) is 186 Å². The van der Waals surface area contributed by atoms with Crippen LogP contribution in [0.5, 0.6) is 0 Å². The van der Waals surface area contributed by atoms with Gasteiger partial charge in [-0.3, -0.25) is 4.79 Å². The number of amides is 3. The molecule has 1 aliphatic rings. The summed E-state index contributed by atoms with van der Waals surface area (Å²) in [7, 11) is 0. The Balaban J connectivity index is 0.991. The van der Waals surface area contributed by atoms with Crippen molar-refractivity contribution in [1.82, 2.24) is 15.5 Å². The minimum Gasteiger partial charge on any atom is -0.387 e. The van der Waals surface area contributed by atoms with E-state index in [0.29, 0.717) is 179 Å². The molecule has 0 aliphatic carbocycles. The predicted octanol–water partition coefficient (Wildman–Crippen LogP) is 4.92. The molecule has 390 valence electrons. The van der Waals surface area contributed by atoms with E-state index in [9.17, 15) is 31.7 Å². The Morgan fingerprint density at radius 3 is 1.57 bits per heavy atom. The molecule has 18 nitrogen and oxygen atoms in total. The number of carbonyl (C=O) groups excluding carboxylic acids is 2. The lowest BCUT2D eigenvalue weighted by molar-refractivity contribution is -0.127. The average molecular weight is 1010 g/mol. The zero-order chi connectivity index (χ0) is 49.7. The minimum absolute atomic E-state index is 0.122. The number of rotatable bonds is 41. The molecular formula is C46H69F4N5O13S. The number of urea groups is 1. The van der Waals surface area contributed by atoms with E-state index in [-0.39, 0.29) is 50.7 Å². The Labute approximate surface area is 406 Å². The summed E-state index contributed by atoms with van der Waals surface area (Å²) in [5.74, 6) is -5.53. The highest BCUT2D eigenvalue weighted by molar-refractivity contribution is 7.93. The van der Waals surface area contributed by atoms with Crippen LogP contribution in [0.1, 0.15) is 37.3 Å². The molecule has 0 radical (unpaired) electrons. The van der Waals surface area contributed by atoms with Gasteiger partial charge in [-0.25, -0.2) is 27.3 Å². The number of benzene rings is 2. The largest absolute Gasteiger partial charge is 0.387 e. The molecule has 0 saturated carbocycles. The fourth-order valence-electron chi connectivity index (χ4n) is 6.22. The zero-order valence-electron chi connectivity index (χ0n) is 39.4. The highest BCUT2D eigenvalue weighted by Gasteiger charge is 2.22. The second-order valence-electron chi connectivity index (χ2n) is 14.9. The van der Waals surface area contributed by atoms with Gasteiger partial charge in [-0.2, -0.15) is 0 Å². The van der Waals surface area contributed by atoms with Crippen molar-refractivity contribution in [3.63, 3.8) is 0 Å². The topological polar surface area (TPSA) is 212 Å². The summed E-state index contributed by atoms with van der Waals surface area (Å²) >= 11 is 0.622. The van der Waals surface area contributed by atoms with Crippen LogP contribution < -0.4 is 16.4 Å². The van der Waals surface area contributed by atoms with Gasteiger partial charge in [0, 0.05) is 78.7 Å². The Morgan fingerprint density at radius 2 is 1.10 bits per heavy atom. The van der Waals surface area contributed by atoms with Gasteiger partial charge in [0.05, 0.1) is 138 Å². The van der Waals surface area contributed by atoms with Crippen LogP contribution >= 0.6 is 12.0 Å². The molecule has 0 fully saturated rings. The molecular weight excluding hydrogens is 939 g/mol. The second kappa shape index (κ2) is 37.8. The van der Waals surface area contributed by atoms with Crippen molar-refractivity contribution in [3.05, 3.63) is 64.2 Å². The molecule has 3 amide bonds. The normalized spacial score (nSPS) is 12.4. The number of fused-ring (bicyclic) bond motifs is 1. The number of nitrogens with two attached hydrogens (primary N) is 1. The first kappa shape index (κ1) is 59.3. The molecule has 69 heavy (non-hydrogen) atoms. The van der Waals surface area contributed by atoms with E-state index in [1.54, 1.807) is 29.2 Å². The van der Waals surface area contributed by atoms with Crippen molar-refractivity contribution in [2.75, 3.05) is 158 Å². The molecule has 0 spiro atoms. The molecule has 1 heterocycles. The third kappa shape index (κ3) is 26.2. The molecule has 0 saturated heterocycles. The monoisotopic (exact) mass is 1010 g/mol. The highest BCUT2D eigenvalue weighted by Crippen LogP contribution is 2.31. The molecule has 3 rings (SSSR count).